The molecular weight excluding hydrogens is 318 g/mol. The molecule has 0 N–H and O–H groups in total. The van der Waals surface area contributed by atoms with E-state index in [4.69, 9.17) is 9.15 Å². The Hall–Kier alpha value is -2.40. The molecule has 1 atom stereocenters. The van der Waals surface area contributed by atoms with Gasteiger partial charge >= 0.3 is 0 Å². The SMILES string of the molecule is CC(=O)c1cc(C(=O)N(Cc2ccco2)C[C@@H]2CCCO2)ccc1C. The summed E-state index contributed by atoms with van der Waals surface area (Å²) in [5.74, 6) is 0.573. The molecule has 0 radical (unpaired) electrons. The average Bonchev–Trinajstić information content (AvgIpc) is 3.27. The maximum atomic E-state index is 13.1. The van der Waals surface area contributed by atoms with Crippen LogP contribution in [0.4, 0.5) is 0 Å². The first kappa shape index (κ1) is 17.4. The van der Waals surface area contributed by atoms with Gasteiger partial charge in [0.25, 0.3) is 5.91 Å². The first-order valence-electron chi connectivity index (χ1n) is 8.59. The van der Waals surface area contributed by atoms with Gasteiger partial charge in [-0.2, -0.15) is 0 Å². The number of Topliss-reactive ketones (excluding diaryl/α,β-unsaturated/α-hetero) is 1. The molecule has 1 amide bonds. The minimum Gasteiger partial charge on any atom is -0.467 e. The number of carbonyl (C=O) groups excluding carboxylic acids is 2. The van der Waals surface area contributed by atoms with Crippen LogP contribution in [-0.2, 0) is 11.3 Å². The molecule has 25 heavy (non-hydrogen) atoms. The van der Waals surface area contributed by atoms with Crippen LogP contribution in [0.2, 0.25) is 0 Å². The first-order chi connectivity index (χ1) is 12.0. The third kappa shape index (κ3) is 4.17. The molecule has 2 aromatic rings. The van der Waals surface area contributed by atoms with Crippen molar-refractivity contribution in [3.05, 3.63) is 59.0 Å². The zero-order valence-corrected chi connectivity index (χ0v) is 14.7. The third-order valence-electron chi connectivity index (χ3n) is 4.53. The largest absolute Gasteiger partial charge is 0.467 e. The lowest BCUT2D eigenvalue weighted by Gasteiger charge is -2.25. The average molecular weight is 341 g/mol. The number of hydrogen-bond donors (Lipinski definition) is 0. The molecule has 2 heterocycles. The van der Waals surface area contributed by atoms with Crippen molar-refractivity contribution < 1.29 is 18.7 Å². The summed E-state index contributed by atoms with van der Waals surface area (Å²) in [5, 5.41) is 0. The molecule has 1 saturated heterocycles. The van der Waals surface area contributed by atoms with E-state index in [0.717, 1.165) is 30.8 Å². The van der Waals surface area contributed by atoms with Crippen molar-refractivity contribution >= 4 is 11.7 Å². The number of rotatable bonds is 6. The zero-order valence-electron chi connectivity index (χ0n) is 14.7. The van der Waals surface area contributed by atoms with Crippen LogP contribution < -0.4 is 0 Å². The van der Waals surface area contributed by atoms with Crippen molar-refractivity contribution in [2.45, 2.75) is 39.3 Å². The number of furan rings is 1. The van der Waals surface area contributed by atoms with E-state index in [9.17, 15) is 9.59 Å². The van der Waals surface area contributed by atoms with Crippen LogP contribution in [-0.4, -0.2) is 35.8 Å². The zero-order chi connectivity index (χ0) is 17.8. The van der Waals surface area contributed by atoms with Gasteiger partial charge in [-0.15, -0.1) is 0 Å². The van der Waals surface area contributed by atoms with Crippen LogP contribution in [0.15, 0.2) is 41.0 Å². The van der Waals surface area contributed by atoms with Crippen molar-refractivity contribution in [1.29, 1.82) is 0 Å². The molecule has 0 aliphatic carbocycles. The van der Waals surface area contributed by atoms with Gasteiger partial charge in [0.1, 0.15) is 5.76 Å². The lowest BCUT2D eigenvalue weighted by molar-refractivity contribution is 0.0491. The Morgan fingerprint density at radius 2 is 2.12 bits per heavy atom. The number of hydrogen-bond acceptors (Lipinski definition) is 4. The fourth-order valence-electron chi connectivity index (χ4n) is 3.16. The fraction of sp³-hybridized carbons (Fsp3) is 0.400. The Labute approximate surface area is 147 Å². The Kier molecular flexibility index (Phi) is 5.34. The van der Waals surface area contributed by atoms with Crippen molar-refractivity contribution in [3.8, 4) is 0 Å². The second kappa shape index (κ2) is 7.66. The van der Waals surface area contributed by atoms with Crippen LogP contribution in [0.1, 0.15) is 51.8 Å². The van der Waals surface area contributed by atoms with E-state index in [1.807, 2.05) is 25.1 Å². The van der Waals surface area contributed by atoms with Gasteiger partial charge in [0.2, 0.25) is 0 Å². The lowest BCUT2D eigenvalue weighted by atomic mass is 10.0. The second-order valence-corrected chi connectivity index (χ2v) is 6.49. The summed E-state index contributed by atoms with van der Waals surface area (Å²) in [6, 6.07) is 8.94. The molecule has 0 bridgehead atoms. The minimum atomic E-state index is -0.116. The van der Waals surface area contributed by atoms with Gasteiger partial charge in [-0.25, -0.2) is 0 Å². The molecule has 5 heteroatoms. The first-order valence-corrected chi connectivity index (χ1v) is 8.59. The van der Waals surface area contributed by atoms with Crippen LogP contribution in [0.3, 0.4) is 0 Å². The number of benzene rings is 1. The highest BCUT2D eigenvalue weighted by atomic mass is 16.5. The Bertz CT molecular complexity index is 745. The summed E-state index contributed by atoms with van der Waals surface area (Å²) in [7, 11) is 0. The molecular formula is C20H23NO4. The van der Waals surface area contributed by atoms with Gasteiger partial charge in [-0.05, 0) is 56.5 Å². The predicted molar refractivity (Wildman–Crippen MR) is 93.6 cm³/mol. The molecule has 1 aliphatic heterocycles. The smallest absolute Gasteiger partial charge is 0.254 e. The molecule has 3 rings (SSSR count). The lowest BCUT2D eigenvalue weighted by Crippen LogP contribution is -2.37. The van der Waals surface area contributed by atoms with E-state index < -0.39 is 0 Å². The highest BCUT2D eigenvalue weighted by Gasteiger charge is 2.25. The van der Waals surface area contributed by atoms with Crippen molar-refractivity contribution in [2.75, 3.05) is 13.2 Å². The van der Waals surface area contributed by atoms with Gasteiger partial charge in [-0.3, -0.25) is 9.59 Å². The predicted octanol–water partition coefficient (Wildman–Crippen LogP) is 3.61. The van der Waals surface area contributed by atoms with Crippen LogP contribution in [0.5, 0.6) is 0 Å². The summed E-state index contributed by atoms with van der Waals surface area (Å²) in [4.78, 5) is 26.6. The van der Waals surface area contributed by atoms with E-state index in [1.165, 1.54) is 6.92 Å². The fourth-order valence-corrected chi connectivity index (χ4v) is 3.16. The Morgan fingerprint density at radius 3 is 2.76 bits per heavy atom. The summed E-state index contributed by atoms with van der Waals surface area (Å²) < 4.78 is 11.1. The normalized spacial score (nSPS) is 16.8. The van der Waals surface area contributed by atoms with Gasteiger partial charge in [0.15, 0.2) is 5.78 Å². The summed E-state index contributed by atoms with van der Waals surface area (Å²) in [6.07, 6.45) is 3.63. The Balaban J connectivity index is 1.84. The molecule has 0 spiro atoms. The number of nitrogens with zero attached hydrogens (tertiary/aromatic N) is 1. The van der Waals surface area contributed by atoms with Crippen LogP contribution in [0.25, 0.3) is 0 Å². The van der Waals surface area contributed by atoms with Crippen molar-refractivity contribution in [2.24, 2.45) is 0 Å². The number of ketones is 1. The summed E-state index contributed by atoms with van der Waals surface area (Å²) in [6.45, 7) is 5.03. The van der Waals surface area contributed by atoms with Crippen LogP contribution in [0, 0.1) is 6.92 Å². The molecule has 132 valence electrons. The molecule has 1 aromatic heterocycles. The highest BCUT2D eigenvalue weighted by molar-refractivity contribution is 6.00. The molecule has 0 unspecified atom stereocenters. The molecule has 5 nitrogen and oxygen atoms in total. The number of amides is 1. The highest BCUT2D eigenvalue weighted by Crippen LogP contribution is 2.19. The number of aryl methyl sites for hydroxylation is 1. The van der Waals surface area contributed by atoms with E-state index in [2.05, 4.69) is 0 Å². The third-order valence-corrected chi connectivity index (χ3v) is 4.53. The standard InChI is InChI=1S/C20H23NO4/c1-14-7-8-16(11-19(14)15(2)22)20(23)21(12-17-5-3-9-24-17)13-18-6-4-10-25-18/h3,5,7-9,11,18H,4,6,10,12-13H2,1-2H3/t18-/m0/s1. The molecule has 1 aromatic carbocycles. The Morgan fingerprint density at radius 1 is 1.28 bits per heavy atom. The van der Waals surface area contributed by atoms with Crippen LogP contribution >= 0.6 is 0 Å². The van der Waals surface area contributed by atoms with E-state index in [1.54, 1.807) is 23.3 Å². The maximum Gasteiger partial charge on any atom is 0.254 e. The van der Waals surface area contributed by atoms with Gasteiger partial charge in [-0.1, -0.05) is 6.07 Å². The van der Waals surface area contributed by atoms with Gasteiger partial charge in [0.05, 0.1) is 18.9 Å². The van der Waals surface area contributed by atoms with Crippen molar-refractivity contribution in [1.82, 2.24) is 4.90 Å². The van der Waals surface area contributed by atoms with E-state index in [0.29, 0.717) is 24.2 Å². The molecule has 1 aliphatic rings. The summed E-state index contributed by atoms with van der Waals surface area (Å²) in [5.41, 5.74) is 1.97. The van der Waals surface area contributed by atoms with Gasteiger partial charge < -0.3 is 14.1 Å². The second-order valence-electron chi connectivity index (χ2n) is 6.49. The topological polar surface area (TPSA) is 59.8 Å². The van der Waals surface area contributed by atoms with E-state index in [-0.39, 0.29) is 17.8 Å². The monoisotopic (exact) mass is 341 g/mol. The minimum absolute atomic E-state index is 0.0381. The number of ether oxygens (including phenoxy) is 1. The molecule has 0 saturated carbocycles. The van der Waals surface area contributed by atoms with Gasteiger partial charge in [0, 0.05) is 24.3 Å². The maximum absolute atomic E-state index is 13.1. The van der Waals surface area contributed by atoms with Crippen molar-refractivity contribution in [3.63, 3.8) is 0 Å². The van der Waals surface area contributed by atoms with E-state index >= 15 is 0 Å². The summed E-state index contributed by atoms with van der Waals surface area (Å²) >= 11 is 0. The number of carbonyl (C=O) groups is 2. The molecule has 1 fully saturated rings. The quantitative estimate of drug-likeness (QED) is 0.753.